The topological polar surface area (TPSA) is 67.9 Å². The van der Waals surface area contributed by atoms with E-state index in [2.05, 4.69) is 5.32 Å². The zero-order valence-electron chi connectivity index (χ0n) is 16.6. The van der Waals surface area contributed by atoms with Crippen LogP contribution in [0.3, 0.4) is 0 Å². The lowest BCUT2D eigenvalue weighted by atomic mass is 10.0. The molecule has 0 saturated heterocycles. The highest BCUT2D eigenvalue weighted by Crippen LogP contribution is 2.35. The maximum Gasteiger partial charge on any atom is 0.278 e. The summed E-state index contributed by atoms with van der Waals surface area (Å²) in [5.74, 6) is -0.936. The number of imide groups is 1. The van der Waals surface area contributed by atoms with Crippen LogP contribution in [0.2, 0.25) is 0 Å². The minimum absolute atomic E-state index is 0.0191. The molecule has 7 heteroatoms. The van der Waals surface area contributed by atoms with E-state index in [1.807, 2.05) is 13.8 Å². The number of carbonyl (C=O) groups is 2. The van der Waals surface area contributed by atoms with Crippen LogP contribution in [0.1, 0.15) is 19.4 Å². The minimum atomic E-state index is -0.493. The highest BCUT2D eigenvalue weighted by Gasteiger charge is 2.40. The van der Waals surface area contributed by atoms with Gasteiger partial charge in [-0.05, 0) is 38.1 Å². The highest BCUT2D eigenvalue weighted by molar-refractivity contribution is 6.37. The van der Waals surface area contributed by atoms with E-state index in [0.29, 0.717) is 17.0 Å². The van der Waals surface area contributed by atoms with Crippen molar-refractivity contribution in [3.63, 3.8) is 0 Å². The molecular weight excluding hydrogens is 375 g/mol. The van der Waals surface area contributed by atoms with E-state index < -0.39 is 17.6 Å². The number of nitrogens with one attached hydrogen (secondary N) is 1. The summed E-state index contributed by atoms with van der Waals surface area (Å²) in [5, 5.41) is 2.92. The first kappa shape index (κ1) is 20.5. The van der Waals surface area contributed by atoms with Crippen LogP contribution in [0.4, 0.5) is 10.1 Å². The third kappa shape index (κ3) is 4.46. The van der Waals surface area contributed by atoms with Gasteiger partial charge in [-0.25, -0.2) is 4.39 Å². The first-order valence-corrected chi connectivity index (χ1v) is 9.30. The normalized spacial score (nSPS) is 14.2. The summed E-state index contributed by atoms with van der Waals surface area (Å²) in [6.45, 7) is 4.09. The smallest absolute Gasteiger partial charge is 0.278 e. The fourth-order valence-electron chi connectivity index (χ4n) is 3.09. The van der Waals surface area contributed by atoms with Gasteiger partial charge in [0.05, 0.1) is 31.9 Å². The SMILES string of the molecule is COc1ccccc1C1=C(Nc2cccc(F)c2)C(=O)N(CCOC(C)C)C1=O. The molecule has 0 aromatic heterocycles. The molecule has 1 aliphatic rings. The van der Waals surface area contributed by atoms with Crippen LogP contribution >= 0.6 is 0 Å². The number of amides is 2. The van der Waals surface area contributed by atoms with Crippen molar-refractivity contribution in [2.24, 2.45) is 0 Å². The first-order valence-electron chi connectivity index (χ1n) is 9.30. The predicted octanol–water partition coefficient (Wildman–Crippen LogP) is 3.45. The van der Waals surface area contributed by atoms with Crippen LogP contribution in [0.25, 0.3) is 5.57 Å². The van der Waals surface area contributed by atoms with Gasteiger partial charge in [-0.15, -0.1) is 0 Å². The molecule has 1 N–H and O–H groups in total. The van der Waals surface area contributed by atoms with Crippen molar-refractivity contribution < 1.29 is 23.5 Å². The molecule has 0 saturated carbocycles. The zero-order valence-corrected chi connectivity index (χ0v) is 16.6. The third-order valence-electron chi connectivity index (χ3n) is 4.40. The van der Waals surface area contributed by atoms with Crippen LogP contribution in [-0.2, 0) is 14.3 Å². The second kappa shape index (κ2) is 8.87. The fraction of sp³-hybridized carbons (Fsp3) is 0.273. The number of benzene rings is 2. The molecule has 2 amide bonds. The van der Waals surface area contributed by atoms with Gasteiger partial charge in [-0.2, -0.15) is 0 Å². The van der Waals surface area contributed by atoms with Crippen LogP contribution < -0.4 is 10.1 Å². The van der Waals surface area contributed by atoms with Crippen molar-refractivity contribution in [1.82, 2.24) is 4.90 Å². The fourth-order valence-corrected chi connectivity index (χ4v) is 3.09. The van der Waals surface area contributed by atoms with E-state index in [1.54, 1.807) is 30.3 Å². The number of hydrogen-bond acceptors (Lipinski definition) is 5. The van der Waals surface area contributed by atoms with Crippen molar-refractivity contribution in [1.29, 1.82) is 0 Å². The summed E-state index contributed by atoms with van der Waals surface area (Å²) in [7, 11) is 1.49. The van der Waals surface area contributed by atoms with Gasteiger partial charge >= 0.3 is 0 Å². The Kier molecular flexibility index (Phi) is 6.29. The average Bonchev–Trinajstić information content (AvgIpc) is 2.92. The van der Waals surface area contributed by atoms with Crippen molar-refractivity contribution in [2.75, 3.05) is 25.6 Å². The standard InChI is InChI=1S/C22H23FN2O4/c1-14(2)29-12-11-25-21(26)19(17-9-4-5-10-18(17)28-3)20(22(25)27)24-16-8-6-7-15(23)13-16/h4-10,13-14,24H,11-12H2,1-3H3. The predicted molar refractivity (Wildman–Crippen MR) is 108 cm³/mol. The average molecular weight is 398 g/mol. The molecule has 0 fully saturated rings. The molecular formula is C22H23FN2O4. The van der Waals surface area contributed by atoms with Gasteiger partial charge in [0.1, 0.15) is 17.3 Å². The number of para-hydroxylation sites is 1. The van der Waals surface area contributed by atoms with E-state index in [0.717, 1.165) is 4.90 Å². The lowest BCUT2D eigenvalue weighted by Crippen LogP contribution is -2.35. The van der Waals surface area contributed by atoms with E-state index >= 15 is 0 Å². The summed E-state index contributed by atoms with van der Waals surface area (Å²) in [6, 6.07) is 12.7. The van der Waals surface area contributed by atoms with Crippen LogP contribution in [0.5, 0.6) is 5.75 Å². The minimum Gasteiger partial charge on any atom is -0.496 e. The maximum atomic E-state index is 13.6. The lowest BCUT2D eigenvalue weighted by Gasteiger charge is -2.16. The quantitative estimate of drug-likeness (QED) is 0.690. The number of rotatable bonds is 8. The van der Waals surface area contributed by atoms with E-state index in [9.17, 15) is 14.0 Å². The summed E-state index contributed by atoms with van der Waals surface area (Å²) in [4.78, 5) is 27.3. The molecule has 0 atom stereocenters. The Labute approximate surface area is 168 Å². The van der Waals surface area contributed by atoms with Crippen molar-refractivity contribution in [2.45, 2.75) is 20.0 Å². The van der Waals surface area contributed by atoms with Crippen LogP contribution in [0, 0.1) is 5.82 Å². The van der Waals surface area contributed by atoms with Crippen LogP contribution in [0.15, 0.2) is 54.2 Å². The monoisotopic (exact) mass is 398 g/mol. The Morgan fingerprint density at radius 2 is 1.83 bits per heavy atom. The van der Waals surface area contributed by atoms with Gasteiger partial charge in [0.15, 0.2) is 0 Å². The molecule has 6 nitrogen and oxygen atoms in total. The van der Waals surface area contributed by atoms with Gasteiger partial charge in [-0.3, -0.25) is 14.5 Å². The van der Waals surface area contributed by atoms with Gasteiger partial charge in [0.25, 0.3) is 11.8 Å². The van der Waals surface area contributed by atoms with Gasteiger partial charge in [-0.1, -0.05) is 24.3 Å². The molecule has 2 aromatic carbocycles. The van der Waals surface area contributed by atoms with E-state index in [1.165, 1.54) is 25.3 Å². The van der Waals surface area contributed by atoms with Crippen LogP contribution in [-0.4, -0.2) is 43.1 Å². The molecule has 1 aliphatic heterocycles. The van der Waals surface area contributed by atoms with E-state index in [-0.39, 0.29) is 30.5 Å². The van der Waals surface area contributed by atoms with Crippen molar-refractivity contribution in [3.05, 3.63) is 65.6 Å². The number of methoxy groups -OCH3 is 1. The molecule has 1 heterocycles. The largest absolute Gasteiger partial charge is 0.496 e. The lowest BCUT2D eigenvalue weighted by molar-refractivity contribution is -0.137. The Balaban J connectivity index is 2.01. The second-order valence-corrected chi connectivity index (χ2v) is 6.77. The van der Waals surface area contributed by atoms with Gasteiger partial charge in [0.2, 0.25) is 0 Å². The molecule has 0 aliphatic carbocycles. The number of ether oxygens (including phenoxy) is 2. The molecule has 0 bridgehead atoms. The summed E-state index contributed by atoms with van der Waals surface area (Å²) >= 11 is 0. The Morgan fingerprint density at radius 1 is 1.07 bits per heavy atom. The Morgan fingerprint density at radius 3 is 2.52 bits per heavy atom. The Bertz CT molecular complexity index is 955. The van der Waals surface area contributed by atoms with Gasteiger partial charge in [0, 0.05) is 11.3 Å². The summed E-state index contributed by atoms with van der Waals surface area (Å²) in [5.41, 5.74) is 1.12. The molecule has 152 valence electrons. The molecule has 2 aromatic rings. The van der Waals surface area contributed by atoms with Crippen molar-refractivity contribution >= 4 is 23.1 Å². The second-order valence-electron chi connectivity index (χ2n) is 6.77. The zero-order chi connectivity index (χ0) is 21.0. The molecule has 3 rings (SSSR count). The van der Waals surface area contributed by atoms with Gasteiger partial charge < -0.3 is 14.8 Å². The third-order valence-corrected chi connectivity index (χ3v) is 4.40. The number of carbonyl (C=O) groups excluding carboxylic acids is 2. The number of anilines is 1. The molecule has 29 heavy (non-hydrogen) atoms. The summed E-state index contributed by atoms with van der Waals surface area (Å²) < 4.78 is 24.5. The summed E-state index contributed by atoms with van der Waals surface area (Å²) in [6.07, 6.45) is -0.0191. The highest BCUT2D eigenvalue weighted by atomic mass is 19.1. The Hall–Kier alpha value is -3.19. The number of nitrogens with zero attached hydrogens (tertiary/aromatic N) is 1. The number of halogens is 1. The molecule has 0 unspecified atom stereocenters. The number of hydrogen-bond donors (Lipinski definition) is 1. The van der Waals surface area contributed by atoms with E-state index in [4.69, 9.17) is 9.47 Å². The molecule has 0 spiro atoms. The van der Waals surface area contributed by atoms with Crippen molar-refractivity contribution in [3.8, 4) is 5.75 Å². The first-order chi connectivity index (χ1) is 13.9. The molecule has 0 radical (unpaired) electrons. The maximum absolute atomic E-state index is 13.6.